The molecule has 0 radical (unpaired) electrons. The molecule has 2 N–H and O–H groups in total. The standard InChI is InChI=1S/C19H22N2O2/c1-13(2)15-9-11-17(12-10-15)21-19(23)18(22)20-14(3)16-7-5-4-6-8-16/h4-14H,1-3H3,(H,20,22)(H,21,23)/t14-/m1/s1. The third-order valence-corrected chi connectivity index (χ3v) is 3.69. The van der Waals surface area contributed by atoms with E-state index < -0.39 is 11.8 Å². The zero-order valence-corrected chi connectivity index (χ0v) is 13.7. The Bertz CT molecular complexity index is 664. The number of benzene rings is 2. The molecule has 2 aromatic carbocycles. The Balaban J connectivity index is 1.93. The molecule has 0 bridgehead atoms. The minimum absolute atomic E-state index is 0.224. The number of carbonyl (C=O) groups is 2. The summed E-state index contributed by atoms with van der Waals surface area (Å²) in [6, 6.07) is 16.8. The molecule has 0 aliphatic heterocycles. The van der Waals surface area contributed by atoms with Crippen molar-refractivity contribution >= 4 is 17.5 Å². The van der Waals surface area contributed by atoms with Gasteiger partial charge in [0.1, 0.15) is 0 Å². The molecule has 0 saturated heterocycles. The summed E-state index contributed by atoms with van der Waals surface area (Å²) in [4.78, 5) is 24.0. The monoisotopic (exact) mass is 310 g/mol. The molecule has 0 saturated carbocycles. The molecular formula is C19H22N2O2. The second-order valence-electron chi connectivity index (χ2n) is 5.84. The highest BCUT2D eigenvalue weighted by Gasteiger charge is 2.17. The molecule has 0 heterocycles. The fourth-order valence-electron chi connectivity index (χ4n) is 2.23. The van der Waals surface area contributed by atoms with Gasteiger partial charge in [-0.15, -0.1) is 0 Å². The minimum atomic E-state index is -0.662. The second-order valence-corrected chi connectivity index (χ2v) is 5.84. The Kier molecular flexibility index (Phi) is 5.52. The maximum Gasteiger partial charge on any atom is 0.313 e. The molecule has 0 aliphatic rings. The van der Waals surface area contributed by atoms with Gasteiger partial charge in [0.2, 0.25) is 0 Å². The number of amides is 2. The van der Waals surface area contributed by atoms with Gasteiger partial charge in [0.15, 0.2) is 0 Å². The van der Waals surface area contributed by atoms with Crippen LogP contribution in [-0.2, 0) is 9.59 Å². The molecule has 0 aliphatic carbocycles. The van der Waals surface area contributed by atoms with E-state index in [0.717, 1.165) is 5.56 Å². The van der Waals surface area contributed by atoms with Gasteiger partial charge < -0.3 is 10.6 Å². The maximum atomic E-state index is 12.0. The Labute approximate surface area is 136 Å². The smallest absolute Gasteiger partial charge is 0.313 e. The van der Waals surface area contributed by atoms with E-state index in [9.17, 15) is 9.59 Å². The molecular weight excluding hydrogens is 288 g/mol. The van der Waals surface area contributed by atoms with Crippen LogP contribution in [-0.4, -0.2) is 11.8 Å². The van der Waals surface area contributed by atoms with Gasteiger partial charge >= 0.3 is 11.8 Å². The largest absolute Gasteiger partial charge is 0.341 e. The van der Waals surface area contributed by atoms with Crippen molar-refractivity contribution in [3.8, 4) is 0 Å². The Morgan fingerprint density at radius 2 is 1.39 bits per heavy atom. The number of anilines is 1. The van der Waals surface area contributed by atoms with E-state index in [1.165, 1.54) is 5.56 Å². The molecule has 1 atom stereocenters. The van der Waals surface area contributed by atoms with Crippen LogP contribution in [0.25, 0.3) is 0 Å². The van der Waals surface area contributed by atoms with Crippen molar-refractivity contribution in [3.05, 3.63) is 65.7 Å². The van der Waals surface area contributed by atoms with Crippen molar-refractivity contribution in [2.24, 2.45) is 0 Å². The fraction of sp³-hybridized carbons (Fsp3) is 0.263. The lowest BCUT2D eigenvalue weighted by Crippen LogP contribution is -2.36. The normalized spacial score (nSPS) is 11.8. The van der Waals surface area contributed by atoms with E-state index >= 15 is 0 Å². The van der Waals surface area contributed by atoms with Crippen molar-refractivity contribution in [1.82, 2.24) is 5.32 Å². The van der Waals surface area contributed by atoms with Crippen LogP contribution in [0.15, 0.2) is 54.6 Å². The summed E-state index contributed by atoms with van der Waals surface area (Å²) in [6.45, 7) is 6.05. The van der Waals surface area contributed by atoms with E-state index in [1.807, 2.05) is 49.4 Å². The molecule has 23 heavy (non-hydrogen) atoms. The summed E-state index contributed by atoms with van der Waals surface area (Å²) in [6.07, 6.45) is 0. The van der Waals surface area contributed by atoms with E-state index in [1.54, 1.807) is 12.1 Å². The van der Waals surface area contributed by atoms with E-state index in [4.69, 9.17) is 0 Å². The van der Waals surface area contributed by atoms with Gasteiger partial charge in [-0.2, -0.15) is 0 Å². The molecule has 0 aromatic heterocycles. The van der Waals surface area contributed by atoms with Crippen LogP contribution in [0.2, 0.25) is 0 Å². The maximum absolute atomic E-state index is 12.0. The lowest BCUT2D eigenvalue weighted by Gasteiger charge is -2.14. The molecule has 2 amide bonds. The molecule has 0 spiro atoms. The highest BCUT2D eigenvalue weighted by Crippen LogP contribution is 2.17. The van der Waals surface area contributed by atoms with E-state index in [-0.39, 0.29) is 6.04 Å². The number of hydrogen-bond acceptors (Lipinski definition) is 2. The van der Waals surface area contributed by atoms with Crippen LogP contribution in [0.3, 0.4) is 0 Å². The molecule has 2 aromatic rings. The molecule has 4 heteroatoms. The molecule has 4 nitrogen and oxygen atoms in total. The second kappa shape index (κ2) is 7.58. The summed E-state index contributed by atoms with van der Waals surface area (Å²) >= 11 is 0. The molecule has 0 unspecified atom stereocenters. The van der Waals surface area contributed by atoms with Crippen LogP contribution >= 0.6 is 0 Å². The van der Waals surface area contributed by atoms with Gasteiger partial charge in [0.05, 0.1) is 6.04 Å². The van der Waals surface area contributed by atoms with Gasteiger partial charge in [0, 0.05) is 5.69 Å². The Morgan fingerprint density at radius 1 is 0.783 bits per heavy atom. The first-order valence-electron chi connectivity index (χ1n) is 7.74. The van der Waals surface area contributed by atoms with Gasteiger partial charge in [-0.3, -0.25) is 9.59 Å². The minimum Gasteiger partial charge on any atom is -0.341 e. The SMILES string of the molecule is CC(C)c1ccc(NC(=O)C(=O)N[C@H](C)c2ccccc2)cc1. The van der Waals surface area contributed by atoms with Crippen molar-refractivity contribution in [2.75, 3.05) is 5.32 Å². The summed E-state index contributed by atoms with van der Waals surface area (Å²) in [5, 5.41) is 5.31. The first-order valence-corrected chi connectivity index (χ1v) is 7.74. The lowest BCUT2D eigenvalue weighted by molar-refractivity contribution is -0.136. The summed E-state index contributed by atoms with van der Waals surface area (Å²) < 4.78 is 0. The summed E-state index contributed by atoms with van der Waals surface area (Å²) in [5.74, 6) is -0.880. The number of nitrogens with one attached hydrogen (secondary N) is 2. The lowest BCUT2D eigenvalue weighted by atomic mass is 10.0. The topological polar surface area (TPSA) is 58.2 Å². The first kappa shape index (κ1) is 16.7. The predicted octanol–water partition coefficient (Wildman–Crippen LogP) is 3.63. The average molecular weight is 310 g/mol. The van der Waals surface area contributed by atoms with Crippen LogP contribution in [0.1, 0.15) is 43.9 Å². The van der Waals surface area contributed by atoms with Crippen molar-refractivity contribution in [3.63, 3.8) is 0 Å². The van der Waals surface area contributed by atoms with Crippen LogP contribution in [0, 0.1) is 0 Å². The third kappa shape index (κ3) is 4.68. The number of carbonyl (C=O) groups excluding carboxylic acids is 2. The van der Waals surface area contributed by atoms with E-state index in [0.29, 0.717) is 11.6 Å². The first-order chi connectivity index (χ1) is 11.0. The highest BCUT2D eigenvalue weighted by molar-refractivity contribution is 6.39. The number of rotatable bonds is 4. The Hall–Kier alpha value is -2.62. The van der Waals surface area contributed by atoms with Crippen LogP contribution in [0.4, 0.5) is 5.69 Å². The average Bonchev–Trinajstić information content (AvgIpc) is 2.56. The zero-order valence-electron chi connectivity index (χ0n) is 13.7. The van der Waals surface area contributed by atoms with Crippen molar-refractivity contribution < 1.29 is 9.59 Å². The van der Waals surface area contributed by atoms with E-state index in [2.05, 4.69) is 24.5 Å². The molecule has 120 valence electrons. The number of hydrogen-bond donors (Lipinski definition) is 2. The van der Waals surface area contributed by atoms with Gasteiger partial charge in [-0.05, 0) is 36.1 Å². The van der Waals surface area contributed by atoms with Crippen molar-refractivity contribution in [1.29, 1.82) is 0 Å². The quantitative estimate of drug-likeness (QED) is 0.847. The van der Waals surface area contributed by atoms with Crippen LogP contribution in [0.5, 0.6) is 0 Å². The van der Waals surface area contributed by atoms with Gasteiger partial charge in [0.25, 0.3) is 0 Å². The van der Waals surface area contributed by atoms with Gasteiger partial charge in [-0.1, -0.05) is 56.3 Å². The third-order valence-electron chi connectivity index (χ3n) is 3.69. The predicted molar refractivity (Wildman–Crippen MR) is 92.2 cm³/mol. The molecule has 0 fully saturated rings. The zero-order chi connectivity index (χ0) is 16.8. The molecule has 2 rings (SSSR count). The highest BCUT2D eigenvalue weighted by atomic mass is 16.2. The summed E-state index contributed by atoms with van der Waals surface area (Å²) in [5.41, 5.74) is 2.75. The fourth-order valence-corrected chi connectivity index (χ4v) is 2.23. The van der Waals surface area contributed by atoms with Crippen molar-refractivity contribution in [2.45, 2.75) is 32.7 Å². The summed E-state index contributed by atoms with van der Waals surface area (Å²) in [7, 11) is 0. The Morgan fingerprint density at radius 3 is 1.96 bits per heavy atom. The van der Waals surface area contributed by atoms with Gasteiger partial charge in [-0.25, -0.2) is 0 Å². The van der Waals surface area contributed by atoms with Crippen LogP contribution < -0.4 is 10.6 Å².